The molecule has 10 heteroatoms. The fourth-order valence-electron chi connectivity index (χ4n) is 9.50. The standard InChI is InChI=1S/C56H32F6N4/c57-55(58,59)38-28-37(29-39(32-38)56(60,61)62)52-45-25-20-33-10-4-5-13-42(33)53(45)64-54(63-52)34-18-23-41(24-19-34)66-49-17-9-7-15-44(49)47-31-36(22-27-51(47)66)35-21-26-50-46(30-35)43-14-6-8-16-48(43)65(50)40-11-2-1-3-12-40/h1-32H. The SMILES string of the molecule is FC(F)(F)c1cc(-c2nc(-c3ccc(-n4c5ccccc5c5cc(-c6ccc7c(c6)c6ccccc6n7-c6ccccc6)ccc54)cc3)nc3c2ccc2ccccc23)cc(C(F)(F)F)c1. The lowest BCUT2D eigenvalue weighted by Crippen LogP contribution is -2.11. The van der Waals surface area contributed by atoms with Gasteiger partial charge in [-0.3, -0.25) is 0 Å². The number of benzene rings is 9. The van der Waals surface area contributed by atoms with Gasteiger partial charge in [-0.25, -0.2) is 9.97 Å². The number of para-hydroxylation sites is 3. The second kappa shape index (κ2) is 14.6. The number of halogens is 6. The molecule has 0 radical (unpaired) electrons. The van der Waals surface area contributed by atoms with Crippen molar-refractivity contribution in [3.05, 3.63) is 205 Å². The molecule has 0 unspecified atom stereocenters. The smallest absolute Gasteiger partial charge is 0.309 e. The van der Waals surface area contributed by atoms with Gasteiger partial charge in [-0.05, 0) is 114 Å². The van der Waals surface area contributed by atoms with Gasteiger partial charge in [0.2, 0.25) is 0 Å². The van der Waals surface area contributed by atoms with E-state index >= 15 is 0 Å². The lowest BCUT2D eigenvalue weighted by Gasteiger charge is -2.16. The Balaban J connectivity index is 0.979. The first-order chi connectivity index (χ1) is 32.0. The lowest BCUT2D eigenvalue weighted by molar-refractivity contribution is -0.143. The van der Waals surface area contributed by atoms with Gasteiger partial charge in [0.05, 0.1) is 44.4 Å². The molecule has 9 aromatic carbocycles. The minimum atomic E-state index is -5.03. The highest BCUT2D eigenvalue weighted by Gasteiger charge is 2.37. The van der Waals surface area contributed by atoms with Crippen LogP contribution in [0.1, 0.15) is 11.1 Å². The first-order valence-corrected chi connectivity index (χ1v) is 21.2. The van der Waals surface area contributed by atoms with Crippen molar-refractivity contribution >= 4 is 65.3 Å². The molecule has 3 heterocycles. The molecule has 0 spiro atoms. The molecule has 0 aliphatic rings. The summed E-state index contributed by atoms with van der Waals surface area (Å²) in [5.74, 6) is 0.155. The molecule has 66 heavy (non-hydrogen) atoms. The van der Waals surface area contributed by atoms with Gasteiger partial charge in [-0.2, -0.15) is 26.3 Å². The van der Waals surface area contributed by atoms with Crippen LogP contribution in [0.5, 0.6) is 0 Å². The maximum atomic E-state index is 14.1. The highest BCUT2D eigenvalue weighted by Crippen LogP contribution is 2.42. The van der Waals surface area contributed by atoms with Crippen molar-refractivity contribution in [2.75, 3.05) is 0 Å². The summed E-state index contributed by atoms with van der Waals surface area (Å²) in [5.41, 5.74) is 6.06. The van der Waals surface area contributed by atoms with Gasteiger partial charge in [-0.1, -0.05) is 97.1 Å². The normalized spacial score (nSPS) is 12.4. The molecule has 0 N–H and O–H groups in total. The van der Waals surface area contributed by atoms with Gasteiger partial charge in [0.15, 0.2) is 5.82 Å². The van der Waals surface area contributed by atoms with E-state index < -0.39 is 23.5 Å². The third kappa shape index (κ3) is 6.39. The van der Waals surface area contributed by atoms with Crippen LogP contribution >= 0.6 is 0 Å². The Bertz CT molecular complexity index is 3870. The number of nitrogens with zero attached hydrogens (tertiary/aromatic N) is 4. The fourth-order valence-corrected chi connectivity index (χ4v) is 9.50. The molecule has 0 fully saturated rings. The maximum Gasteiger partial charge on any atom is 0.416 e. The molecular weight excluding hydrogens is 843 g/mol. The summed E-state index contributed by atoms with van der Waals surface area (Å²) >= 11 is 0. The van der Waals surface area contributed by atoms with E-state index in [2.05, 4.69) is 106 Å². The lowest BCUT2D eigenvalue weighted by atomic mass is 9.98. The maximum absolute atomic E-state index is 14.1. The van der Waals surface area contributed by atoms with Gasteiger partial charge in [0.1, 0.15) is 0 Å². The Hall–Kier alpha value is -8.24. The first-order valence-electron chi connectivity index (χ1n) is 21.2. The Morgan fingerprint density at radius 2 is 0.818 bits per heavy atom. The molecular formula is C56H32F6N4. The molecule has 0 atom stereocenters. The molecule has 3 aromatic heterocycles. The Morgan fingerprint density at radius 3 is 1.39 bits per heavy atom. The van der Waals surface area contributed by atoms with Gasteiger partial charge >= 0.3 is 12.4 Å². The molecule has 0 saturated carbocycles. The van der Waals surface area contributed by atoms with Crippen LogP contribution in [0.4, 0.5) is 26.3 Å². The summed E-state index contributed by atoms with van der Waals surface area (Å²) in [5, 5.41) is 6.27. The van der Waals surface area contributed by atoms with E-state index in [0.29, 0.717) is 21.9 Å². The topological polar surface area (TPSA) is 35.6 Å². The third-order valence-corrected chi connectivity index (χ3v) is 12.5. The molecule has 0 aliphatic heterocycles. The quantitative estimate of drug-likeness (QED) is 0.128. The predicted octanol–water partition coefficient (Wildman–Crippen LogP) is 16.0. The van der Waals surface area contributed by atoms with Crippen LogP contribution in [0.25, 0.3) is 110 Å². The Labute approximate surface area is 372 Å². The largest absolute Gasteiger partial charge is 0.416 e. The van der Waals surface area contributed by atoms with Crippen molar-refractivity contribution in [2.45, 2.75) is 12.4 Å². The molecule has 12 aromatic rings. The number of fused-ring (bicyclic) bond motifs is 9. The van der Waals surface area contributed by atoms with Crippen LogP contribution in [0.15, 0.2) is 194 Å². The highest BCUT2D eigenvalue weighted by atomic mass is 19.4. The molecule has 0 aliphatic carbocycles. The van der Waals surface area contributed by atoms with Crippen molar-refractivity contribution in [2.24, 2.45) is 0 Å². The molecule has 4 nitrogen and oxygen atoms in total. The van der Waals surface area contributed by atoms with E-state index in [1.165, 1.54) is 5.39 Å². The van der Waals surface area contributed by atoms with E-state index in [-0.39, 0.29) is 23.1 Å². The average molecular weight is 875 g/mol. The first kappa shape index (κ1) is 39.4. The fraction of sp³-hybridized carbons (Fsp3) is 0.0357. The monoisotopic (exact) mass is 874 g/mol. The van der Waals surface area contributed by atoms with Crippen molar-refractivity contribution in [3.63, 3.8) is 0 Å². The van der Waals surface area contributed by atoms with E-state index in [1.807, 2.05) is 66.7 Å². The number of hydrogen-bond donors (Lipinski definition) is 0. The van der Waals surface area contributed by atoms with Crippen LogP contribution in [-0.2, 0) is 12.4 Å². The summed E-state index contributed by atoms with van der Waals surface area (Å²) in [7, 11) is 0. The van der Waals surface area contributed by atoms with Gasteiger partial charge in [0, 0.05) is 54.8 Å². The van der Waals surface area contributed by atoms with Crippen molar-refractivity contribution < 1.29 is 26.3 Å². The average Bonchev–Trinajstić information content (AvgIpc) is 3.85. The number of hydrogen-bond acceptors (Lipinski definition) is 2. The summed E-state index contributed by atoms with van der Waals surface area (Å²) in [4.78, 5) is 9.65. The Kier molecular flexibility index (Phi) is 8.74. The molecule has 0 amide bonds. The van der Waals surface area contributed by atoms with Crippen LogP contribution in [0.3, 0.4) is 0 Å². The third-order valence-electron chi connectivity index (χ3n) is 12.5. The van der Waals surface area contributed by atoms with Crippen LogP contribution in [0.2, 0.25) is 0 Å². The van der Waals surface area contributed by atoms with Crippen LogP contribution < -0.4 is 0 Å². The Morgan fingerprint density at radius 1 is 0.333 bits per heavy atom. The summed E-state index contributed by atoms with van der Waals surface area (Å²) in [6.45, 7) is 0. The van der Waals surface area contributed by atoms with Crippen molar-refractivity contribution in [1.29, 1.82) is 0 Å². The second-order valence-corrected chi connectivity index (χ2v) is 16.4. The minimum Gasteiger partial charge on any atom is -0.309 e. The zero-order chi connectivity index (χ0) is 44.9. The van der Waals surface area contributed by atoms with Crippen LogP contribution in [0, 0.1) is 0 Å². The number of rotatable bonds is 5. The molecule has 0 saturated heterocycles. The van der Waals surface area contributed by atoms with Crippen LogP contribution in [-0.4, -0.2) is 19.1 Å². The van der Waals surface area contributed by atoms with E-state index in [1.54, 1.807) is 12.1 Å². The van der Waals surface area contributed by atoms with E-state index in [9.17, 15) is 26.3 Å². The summed E-state index contributed by atoms with van der Waals surface area (Å²) in [6, 6.07) is 60.0. The van der Waals surface area contributed by atoms with Gasteiger partial charge < -0.3 is 9.13 Å². The minimum absolute atomic E-state index is 0.0410. The van der Waals surface area contributed by atoms with Crippen molar-refractivity contribution in [3.8, 4) is 45.1 Å². The molecule has 12 rings (SSSR count). The summed E-state index contributed by atoms with van der Waals surface area (Å²) in [6.07, 6.45) is -10.1. The van der Waals surface area contributed by atoms with Gasteiger partial charge in [0.25, 0.3) is 0 Å². The van der Waals surface area contributed by atoms with E-state index in [4.69, 9.17) is 9.97 Å². The number of aromatic nitrogens is 4. The zero-order valence-electron chi connectivity index (χ0n) is 34.5. The molecule has 0 bridgehead atoms. The van der Waals surface area contributed by atoms with Crippen molar-refractivity contribution in [1.82, 2.24) is 19.1 Å². The zero-order valence-corrected chi connectivity index (χ0v) is 34.5. The highest BCUT2D eigenvalue weighted by molar-refractivity contribution is 6.13. The predicted molar refractivity (Wildman–Crippen MR) is 252 cm³/mol. The summed E-state index contributed by atoms with van der Waals surface area (Å²) < 4.78 is 89.1. The number of alkyl halides is 6. The molecule has 318 valence electrons. The van der Waals surface area contributed by atoms with Gasteiger partial charge in [-0.15, -0.1) is 0 Å². The van der Waals surface area contributed by atoms with E-state index in [0.717, 1.165) is 78.2 Å². The second-order valence-electron chi connectivity index (χ2n) is 16.4.